The highest BCUT2D eigenvalue weighted by molar-refractivity contribution is 5.94. The molecule has 3 N–H and O–H groups in total. The highest BCUT2D eigenvalue weighted by Gasteiger charge is 2.23. The minimum absolute atomic E-state index is 0.129. The second-order valence-electron chi connectivity index (χ2n) is 4.37. The third kappa shape index (κ3) is 3.28. The number of nitrogens with two attached hydrogens (primary N) is 1. The number of aromatic nitrogens is 2. The van der Waals surface area contributed by atoms with Crippen LogP contribution in [0.15, 0.2) is 12.4 Å². The van der Waals surface area contributed by atoms with E-state index in [0.29, 0.717) is 12.1 Å². The summed E-state index contributed by atoms with van der Waals surface area (Å²) in [6.45, 7) is 0.779. The number of ether oxygens (including phenoxy) is 1. The van der Waals surface area contributed by atoms with Gasteiger partial charge in [-0.15, -0.1) is 0 Å². The van der Waals surface area contributed by atoms with E-state index in [1.54, 1.807) is 24.1 Å². The van der Waals surface area contributed by atoms with Gasteiger partial charge in [0.05, 0.1) is 24.0 Å². The number of hydrogen-bond acceptors (Lipinski definition) is 4. The molecule has 1 amide bonds. The predicted molar refractivity (Wildman–Crippen MR) is 63.4 cm³/mol. The lowest BCUT2D eigenvalue weighted by Gasteiger charge is -2.15. The maximum atomic E-state index is 11.8. The van der Waals surface area contributed by atoms with Crippen LogP contribution in [0.25, 0.3) is 0 Å². The molecule has 0 spiro atoms. The smallest absolute Gasteiger partial charge is 0.241 e. The van der Waals surface area contributed by atoms with Crippen LogP contribution < -0.4 is 11.1 Å². The first kappa shape index (κ1) is 12.1. The Hall–Kier alpha value is -1.40. The summed E-state index contributed by atoms with van der Waals surface area (Å²) in [6.07, 6.45) is 6.08. The summed E-state index contributed by atoms with van der Waals surface area (Å²) in [6, 6.07) is -0.529. The molecule has 94 valence electrons. The minimum atomic E-state index is -0.529. The number of nitrogens with one attached hydrogen (secondary N) is 1. The summed E-state index contributed by atoms with van der Waals surface area (Å²) < 4.78 is 7.08. The van der Waals surface area contributed by atoms with Gasteiger partial charge in [0.15, 0.2) is 0 Å². The Morgan fingerprint density at radius 2 is 2.65 bits per heavy atom. The lowest BCUT2D eigenvalue weighted by atomic mass is 10.1. The molecule has 2 heterocycles. The lowest BCUT2D eigenvalue weighted by Crippen LogP contribution is -2.38. The number of amides is 1. The quantitative estimate of drug-likeness (QED) is 0.788. The number of carbonyl (C=O) groups is 1. The summed E-state index contributed by atoms with van der Waals surface area (Å²) in [7, 11) is 1.79. The Kier molecular flexibility index (Phi) is 3.75. The van der Waals surface area contributed by atoms with Crippen LogP contribution in [0.4, 0.5) is 5.69 Å². The maximum absolute atomic E-state index is 11.8. The van der Waals surface area contributed by atoms with Crippen molar-refractivity contribution in [2.45, 2.75) is 31.4 Å². The first-order valence-electron chi connectivity index (χ1n) is 5.82. The molecule has 1 saturated heterocycles. The van der Waals surface area contributed by atoms with Gasteiger partial charge in [0.2, 0.25) is 5.91 Å². The molecular formula is C11H18N4O2. The first-order chi connectivity index (χ1) is 8.15. The van der Waals surface area contributed by atoms with Crippen LogP contribution in [0.3, 0.4) is 0 Å². The van der Waals surface area contributed by atoms with Gasteiger partial charge in [-0.05, 0) is 19.3 Å². The van der Waals surface area contributed by atoms with Crippen LogP contribution >= 0.6 is 0 Å². The van der Waals surface area contributed by atoms with Gasteiger partial charge in [-0.25, -0.2) is 0 Å². The van der Waals surface area contributed by atoms with Gasteiger partial charge < -0.3 is 15.8 Å². The first-order valence-corrected chi connectivity index (χ1v) is 5.82. The molecule has 17 heavy (non-hydrogen) atoms. The van der Waals surface area contributed by atoms with Gasteiger partial charge in [-0.3, -0.25) is 9.48 Å². The lowest BCUT2D eigenvalue weighted by molar-refractivity contribution is -0.118. The molecule has 0 aliphatic carbocycles. The molecular weight excluding hydrogens is 220 g/mol. The fourth-order valence-corrected chi connectivity index (χ4v) is 1.94. The Labute approximate surface area is 100 Å². The van der Waals surface area contributed by atoms with E-state index in [0.717, 1.165) is 19.4 Å². The van der Waals surface area contributed by atoms with Crippen molar-refractivity contribution in [3.63, 3.8) is 0 Å². The van der Waals surface area contributed by atoms with Crippen molar-refractivity contribution in [1.82, 2.24) is 9.78 Å². The number of rotatable bonds is 4. The molecule has 1 aliphatic heterocycles. The van der Waals surface area contributed by atoms with E-state index < -0.39 is 6.04 Å². The van der Waals surface area contributed by atoms with Crippen LogP contribution in [-0.2, 0) is 16.6 Å². The summed E-state index contributed by atoms with van der Waals surface area (Å²) in [5, 5.41) is 6.70. The second kappa shape index (κ2) is 5.29. The maximum Gasteiger partial charge on any atom is 0.241 e. The van der Waals surface area contributed by atoms with E-state index in [-0.39, 0.29) is 12.0 Å². The molecule has 1 aliphatic rings. The molecule has 0 saturated carbocycles. The van der Waals surface area contributed by atoms with Crippen LogP contribution in [0.1, 0.15) is 19.3 Å². The fourth-order valence-electron chi connectivity index (χ4n) is 1.94. The van der Waals surface area contributed by atoms with Crippen molar-refractivity contribution >= 4 is 11.6 Å². The normalized spacial score (nSPS) is 21.4. The summed E-state index contributed by atoms with van der Waals surface area (Å²) in [4.78, 5) is 11.8. The Morgan fingerprint density at radius 1 is 1.82 bits per heavy atom. The Bertz CT molecular complexity index is 385. The van der Waals surface area contributed by atoms with Crippen LogP contribution in [-0.4, -0.2) is 34.4 Å². The van der Waals surface area contributed by atoms with Gasteiger partial charge >= 0.3 is 0 Å². The third-order valence-corrected chi connectivity index (χ3v) is 2.85. The monoisotopic (exact) mass is 238 g/mol. The average Bonchev–Trinajstić information content (AvgIpc) is 2.90. The topological polar surface area (TPSA) is 82.2 Å². The van der Waals surface area contributed by atoms with Gasteiger partial charge in [0.25, 0.3) is 0 Å². The number of carbonyl (C=O) groups excluding carboxylic acids is 1. The molecule has 0 aromatic carbocycles. The highest BCUT2D eigenvalue weighted by atomic mass is 16.5. The standard InChI is InChI=1S/C11H18N4O2/c1-15-7-8(6-13-15)14-11(16)10(12)5-9-3-2-4-17-9/h6-7,9-10H,2-5,12H2,1H3,(H,14,16). The van der Waals surface area contributed by atoms with E-state index in [9.17, 15) is 4.79 Å². The number of hydrogen-bond donors (Lipinski definition) is 2. The zero-order valence-electron chi connectivity index (χ0n) is 9.93. The van der Waals surface area contributed by atoms with Gasteiger partial charge in [0, 0.05) is 19.9 Å². The predicted octanol–water partition coefficient (Wildman–Crippen LogP) is 0.255. The van der Waals surface area contributed by atoms with Crippen LogP contribution in [0.2, 0.25) is 0 Å². The summed E-state index contributed by atoms with van der Waals surface area (Å²) >= 11 is 0. The third-order valence-electron chi connectivity index (χ3n) is 2.85. The van der Waals surface area contributed by atoms with Crippen LogP contribution in [0, 0.1) is 0 Å². The highest BCUT2D eigenvalue weighted by Crippen LogP contribution is 2.17. The molecule has 1 fully saturated rings. The fraction of sp³-hybridized carbons (Fsp3) is 0.636. The van der Waals surface area contributed by atoms with Gasteiger partial charge in [0.1, 0.15) is 0 Å². The molecule has 0 bridgehead atoms. The van der Waals surface area contributed by atoms with Gasteiger partial charge in [-0.2, -0.15) is 5.10 Å². The van der Waals surface area contributed by atoms with Crippen LogP contribution in [0.5, 0.6) is 0 Å². The SMILES string of the molecule is Cn1cc(NC(=O)C(N)CC2CCCO2)cn1. The number of aryl methyl sites for hydroxylation is 1. The molecule has 6 heteroatoms. The number of anilines is 1. The number of nitrogens with zero attached hydrogens (tertiary/aromatic N) is 2. The zero-order valence-corrected chi connectivity index (χ0v) is 9.93. The van der Waals surface area contributed by atoms with Crippen molar-refractivity contribution in [2.24, 2.45) is 12.8 Å². The van der Waals surface area contributed by atoms with Crippen molar-refractivity contribution in [2.75, 3.05) is 11.9 Å². The Balaban J connectivity index is 1.82. The van der Waals surface area contributed by atoms with E-state index in [2.05, 4.69) is 10.4 Å². The minimum Gasteiger partial charge on any atom is -0.378 e. The summed E-state index contributed by atoms with van der Waals surface area (Å²) in [5.74, 6) is -0.187. The average molecular weight is 238 g/mol. The molecule has 2 rings (SSSR count). The van der Waals surface area contributed by atoms with E-state index in [1.165, 1.54) is 0 Å². The van der Waals surface area contributed by atoms with E-state index >= 15 is 0 Å². The largest absolute Gasteiger partial charge is 0.378 e. The van der Waals surface area contributed by atoms with Crippen molar-refractivity contribution in [1.29, 1.82) is 0 Å². The zero-order chi connectivity index (χ0) is 12.3. The van der Waals surface area contributed by atoms with E-state index in [1.807, 2.05) is 0 Å². The summed E-state index contributed by atoms with van der Waals surface area (Å²) in [5.41, 5.74) is 6.50. The van der Waals surface area contributed by atoms with Gasteiger partial charge in [-0.1, -0.05) is 0 Å². The molecule has 6 nitrogen and oxygen atoms in total. The molecule has 1 aromatic heterocycles. The Morgan fingerprint density at radius 3 is 3.24 bits per heavy atom. The van der Waals surface area contributed by atoms with Crippen molar-refractivity contribution in [3.05, 3.63) is 12.4 Å². The molecule has 1 aromatic rings. The molecule has 0 radical (unpaired) electrons. The molecule has 2 atom stereocenters. The van der Waals surface area contributed by atoms with E-state index in [4.69, 9.17) is 10.5 Å². The van der Waals surface area contributed by atoms with Crippen molar-refractivity contribution < 1.29 is 9.53 Å². The molecule has 2 unspecified atom stereocenters. The second-order valence-corrected chi connectivity index (χ2v) is 4.37. The van der Waals surface area contributed by atoms with Crippen molar-refractivity contribution in [3.8, 4) is 0 Å².